The molecule has 2 saturated heterocycles. The Morgan fingerprint density at radius 1 is 0.611 bits per heavy atom. The third kappa shape index (κ3) is 5.93. The Hall–Kier alpha value is -2.00. The van der Waals surface area contributed by atoms with E-state index in [0.29, 0.717) is 36.8 Å². The van der Waals surface area contributed by atoms with Gasteiger partial charge in [-0.25, -0.2) is 9.59 Å². The van der Waals surface area contributed by atoms with Gasteiger partial charge in [0.05, 0.1) is 25.3 Å². The molecule has 2 heterocycles. The Bertz CT molecular complexity index is 840. The second kappa shape index (κ2) is 10.0. The van der Waals surface area contributed by atoms with Gasteiger partial charge in [-0.1, -0.05) is 0 Å². The van der Waals surface area contributed by atoms with Crippen LogP contribution in [0, 0.1) is 0 Å². The summed E-state index contributed by atoms with van der Waals surface area (Å²) in [4.78, 5) is 37.0. The average Bonchev–Trinajstić information content (AvgIpc) is 2.70. The topological polar surface area (TPSA) is 77.5 Å². The number of hydrogen-bond acceptors (Lipinski definition) is 8. The predicted molar refractivity (Wildman–Crippen MR) is 137 cm³/mol. The molecule has 0 bridgehead atoms. The van der Waals surface area contributed by atoms with Crippen molar-refractivity contribution in [2.75, 3.05) is 14.2 Å². The van der Waals surface area contributed by atoms with Gasteiger partial charge >= 0.3 is 11.9 Å². The summed E-state index contributed by atoms with van der Waals surface area (Å²) in [7, 11) is 3.35. The van der Waals surface area contributed by atoms with Crippen molar-refractivity contribution in [1.82, 2.24) is 10.1 Å². The van der Waals surface area contributed by atoms with Crippen LogP contribution in [0.1, 0.15) is 102 Å². The Balaban J connectivity index is 1.63. The van der Waals surface area contributed by atoms with E-state index in [0.717, 1.165) is 0 Å². The summed E-state index contributed by atoms with van der Waals surface area (Å²) in [6.45, 7) is 16.7. The Morgan fingerprint density at radius 2 is 0.861 bits per heavy atom. The normalized spacial score (nSPS) is 24.3. The molecule has 8 nitrogen and oxygen atoms in total. The molecule has 0 radical (unpaired) electrons. The van der Waals surface area contributed by atoms with Crippen LogP contribution in [0.15, 0.2) is 24.3 Å². The van der Waals surface area contributed by atoms with Crippen LogP contribution < -0.4 is 0 Å². The molecule has 0 spiro atoms. The molecular formula is C28H44N2O6. The number of hydrogen-bond donors (Lipinski definition) is 0. The summed E-state index contributed by atoms with van der Waals surface area (Å²) in [6.07, 6.45) is 2.18. The quantitative estimate of drug-likeness (QED) is 0.491. The van der Waals surface area contributed by atoms with Crippen molar-refractivity contribution in [2.45, 2.75) is 115 Å². The molecule has 1 aromatic rings. The van der Waals surface area contributed by atoms with E-state index in [2.05, 4.69) is 55.4 Å². The van der Waals surface area contributed by atoms with Gasteiger partial charge in [0, 0.05) is 47.8 Å². The van der Waals surface area contributed by atoms with E-state index in [1.165, 1.54) is 0 Å². The molecule has 0 aliphatic carbocycles. The maximum atomic E-state index is 12.9. The number of hydroxylamine groups is 4. The van der Waals surface area contributed by atoms with E-state index in [4.69, 9.17) is 19.1 Å². The van der Waals surface area contributed by atoms with E-state index < -0.39 is 11.9 Å². The summed E-state index contributed by atoms with van der Waals surface area (Å²) < 4.78 is 11.8. The van der Waals surface area contributed by atoms with Crippen LogP contribution in [0.4, 0.5) is 0 Å². The molecule has 2 aliphatic heterocycles. The number of esters is 2. The fraction of sp³-hybridized carbons (Fsp3) is 0.714. The van der Waals surface area contributed by atoms with Crippen LogP contribution in [0.5, 0.6) is 0 Å². The monoisotopic (exact) mass is 504 g/mol. The van der Waals surface area contributed by atoms with E-state index in [1.54, 1.807) is 38.5 Å². The highest BCUT2D eigenvalue weighted by Crippen LogP contribution is 2.41. The van der Waals surface area contributed by atoms with Crippen LogP contribution in [-0.4, -0.2) is 70.6 Å². The number of rotatable bonds is 6. The fourth-order valence-electron chi connectivity index (χ4n) is 6.68. The molecule has 0 aromatic heterocycles. The molecule has 0 atom stereocenters. The van der Waals surface area contributed by atoms with E-state index in [1.807, 2.05) is 10.1 Å². The van der Waals surface area contributed by atoms with Crippen molar-refractivity contribution in [3.05, 3.63) is 35.4 Å². The van der Waals surface area contributed by atoms with Gasteiger partial charge in [0.15, 0.2) is 0 Å². The average molecular weight is 505 g/mol. The van der Waals surface area contributed by atoms with Gasteiger partial charge in [-0.15, -0.1) is 0 Å². The van der Waals surface area contributed by atoms with Crippen LogP contribution in [0.3, 0.4) is 0 Å². The fourth-order valence-corrected chi connectivity index (χ4v) is 6.68. The highest BCUT2D eigenvalue weighted by atomic mass is 16.7. The molecule has 2 fully saturated rings. The van der Waals surface area contributed by atoms with E-state index >= 15 is 0 Å². The minimum Gasteiger partial charge on any atom is -0.459 e. The summed E-state index contributed by atoms with van der Waals surface area (Å²) in [5.74, 6) is -0.791. The minimum absolute atomic E-state index is 0.233. The highest BCUT2D eigenvalue weighted by molar-refractivity contribution is 5.93. The smallest absolute Gasteiger partial charge is 0.338 e. The lowest BCUT2D eigenvalue weighted by Crippen LogP contribution is -2.61. The first-order chi connectivity index (χ1) is 16.5. The van der Waals surface area contributed by atoms with Gasteiger partial charge in [-0.2, -0.15) is 10.1 Å². The van der Waals surface area contributed by atoms with Gasteiger partial charge in [0.25, 0.3) is 0 Å². The Kier molecular flexibility index (Phi) is 7.97. The SMILES string of the molecule is CON1C(C)(C)CC(OC(=O)c2ccc(C(=O)OC3CC(C)(C)N(OC)C(C)(C)C3)cc2)CC1(C)C. The third-order valence-electron chi connectivity index (χ3n) is 7.38. The van der Waals surface area contributed by atoms with Crippen molar-refractivity contribution in [2.24, 2.45) is 0 Å². The first-order valence-electron chi connectivity index (χ1n) is 12.7. The summed E-state index contributed by atoms with van der Waals surface area (Å²) in [6, 6.07) is 6.50. The number of benzene rings is 1. The number of nitrogens with zero attached hydrogens (tertiary/aromatic N) is 2. The molecule has 8 heteroatoms. The molecule has 0 N–H and O–H groups in total. The highest BCUT2D eigenvalue weighted by Gasteiger charge is 2.48. The zero-order valence-corrected chi connectivity index (χ0v) is 23.6. The zero-order valence-electron chi connectivity index (χ0n) is 23.6. The standard InChI is InChI=1S/C28H44N2O6/c1-25(2)15-21(16-26(3,4)29(25)33-9)35-23(31)19-11-13-20(14-12-19)24(32)36-22-17-27(5,6)30(34-10)28(7,8)18-22/h11-14,21-22H,15-18H2,1-10H3. The summed E-state index contributed by atoms with van der Waals surface area (Å²) in [5, 5.41) is 3.96. The van der Waals surface area contributed by atoms with Crippen LogP contribution in [0.25, 0.3) is 0 Å². The van der Waals surface area contributed by atoms with Gasteiger partial charge in [0.1, 0.15) is 12.2 Å². The maximum Gasteiger partial charge on any atom is 0.338 e. The van der Waals surface area contributed by atoms with Gasteiger partial charge in [0.2, 0.25) is 0 Å². The molecule has 0 saturated carbocycles. The predicted octanol–water partition coefficient (Wildman–Crippen LogP) is 5.17. The molecule has 202 valence electrons. The van der Waals surface area contributed by atoms with Gasteiger partial charge < -0.3 is 19.1 Å². The maximum absolute atomic E-state index is 12.9. The second-order valence-corrected chi connectivity index (χ2v) is 12.7. The lowest BCUT2D eigenvalue weighted by Gasteiger charge is -2.52. The van der Waals surface area contributed by atoms with Gasteiger partial charge in [-0.05, 0) is 79.7 Å². The van der Waals surface area contributed by atoms with Crippen molar-refractivity contribution >= 4 is 11.9 Å². The van der Waals surface area contributed by atoms with Crippen molar-refractivity contribution in [3.63, 3.8) is 0 Å². The lowest BCUT2D eigenvalue weighted by molar-refractivity contribution is -0.276. The van der Waals surface area contributed by atoms with Crippen LogP contribution in [0.2, 0.25) is 0 Å². The molecule has 3 rings (SSSR count). The molecule has 0 amide bonds. The van der Waals surface area contributed by atoms with E-state index in [-0.39, 0.29) is 34.4 Å². The summed E-state index contributed by atoms with van der Waals surface area (Å²) in [5.41, 5.74) is -0.302. The van der Waals surface area contributed by atoms with Crippen molar-refractivity contribution in [3.8, 4) is 0 Å². The number of carbonyl (C=O) groups excluding carboxylic acids is 2. The molecule has 2 aliphatic rings. The van der Waals surface area contributed by atoms with E-state index in [9.17, 15) is 9.59 Å². The number of ether oxygens (including phenoxy) is 2. The molecule has 1 aromatic carbocycles. The van der Waals surface area contributed by atoms with Crippen LogP contribution in [-0.2, 0) is 19.1 Å². The molecule has 36 heavy (non-hydrogen) atoms. The van der Waals surface area contributed by atoms with Gasteiger partial charge in [-0.3, -0.25) is 0 Å². The largest absolute Gasteiger partial charge is 0.459 e. The molecular weight excluding hydrogens is 460 g/mol. The Morgan fingerprint density at radius 3 is 1.08 bits per heavy atom. The lowest BCUT2D eigenvalue weighted by atomic mass is 9.80. The second-order valence-electron chi connectivity index (χ2n) is 12.7. The zero-order chi connectivity index (χ0) is 27.1. The number of piperidine rings is 2. The first-order valence-corrected chi connectivity index (χ1v) is 12.7. The summed E-state index contributed by atoms with van der Waals surface area (Å²) >= 11 is 0. The molecule has 0 unspecified atom stereocenters. The minimum atomic E-state index is -0.396. The van der Waals surface area contributed by atoms with Crippen molar-refractivity contribution in [1.29, 1.82) is 0 Å². The first kappa shape index (κ1) is 28.6. The number of carbonyl (C=O) groups is 2. The van der Waals surface area contributed by atoms with Crippen LogP contribution >= 0.6 is 0 Å². The Labute approximate surface area is 216 Å². The van der Waals surface area contributed by atoms with Crippen molar-refractivity contribution < 1.29 is 28.7 Å². The third-order valence-corrected chi connectivity index (χ3v) is 7.38.